The van der Waals surface area contributed by atoms with Crippen molar-refractivity contribution in [1.82, 2.24) is 0 Å². The summed E-state index contributed by atoms with van der Waals surface area (Å²) in [5.41, 5.74) is 11.6. The van der Waals surface area contributed by atoms with Crippen LogP contribution in [-0.4, -0.2) is 14.2 Å². The van der Waals surface area contributed by atoms with Crippen LogP contribution >= 0.6 is 0 Å². The number of benzene rings is 4. The van der Waals surface area contributed by atoms with E-state index in [0.717, 1.165) is 38.7 Å². The molecule has 0 radical (unpaired) electrons. The molecule has 4 aromatic carbocycles. The summed E-state index contributed by atoms with van der Waals surface area (Å²) in [6, 6.07) is 26.6. The molecule has 4 aromatic rings. The third kappa shape index (κ3) is 2.97. The molecule has 134 valence electrons. The van der Waals surface area contributed by atoms with Gasteiger partial charge in [-0.05, 0) is 45.7 Å². The minimum Gasteiger partial charge on any atom is -0.493 e. The van der Waals surface area contributed by atoms with Crippen molar-refractivity contribution in [2.45, 2.75) is 0 Å². The van der Waals surface area contributed by atoms with Crippen LogP contribution in [0.4, 0.5) is 5.69 Å². The van der Waals surface area contributed by atoms with Crippen LogP contribution in [0.5, 0.6) is 11.5 Å². The number of fused-ring (bicyclic) bond motifs is 1. The molecule has 0 saturated heterocycles. The first-order chi connectivity index (χ1) is 13.2. The van der Waals surface area contributed by atoms with E-state index in [1.54, 1.807) is 14.2 Å². The van der Waals surface area contributed by atoms with Crippen molar-refractivity contribution in [3.8, 4) is 33.8 Å². The summed E-state index contributed by atoms with van der Waals surface area (Å²) < 4.78 is 11.0. The Bertz CT molecular complexity index is 1090. The molecule has 0 aromatic heterocycles. The summed E-state index contributed by atoms with van der Waals surface area (Å²) >= 11 is 0. The van der Waals surface area contributed by atoms with Crippen LogP contribution in [0.25, 0.3) is 33.0 Å². The maximum absolute atomic E-state index is 6.55. The zero-order valence-electron chi connectivity index (χ0n) is 15.4. The second kappa shape index (κ2) is 7.04. The van der Waals surface area contributed by atoms with Gasteiger partial charge >= 0.3 is 0 Å². The fraction of sp³-hybridized carbons (Fsp3) is 0.0833. The topological polar surface area (TPSA) is 44.5 Å². The third-order valence-corrected chi connectivity index (χ3v) is 4.80. The average Bonchev–Trinajstić information content (AvgIpc) is 2.73. The Kier molecular flexibility index (Phi) is 4.43. The van der Waals surface area contributed by atoms with Crippen LogP contribution < -0.4 is 15.2 Å². The number of anilines is 1. The van der Waals surface area contributed by atoms with Gasteiger partial charge in [-0.15, -0.1) is 0 Å². The summed E-state index contributed by atoms with van der Waals surface area (Å²) in [6.45, 7) is 0. The van der Waals surface area contributed by atoms with Gasteiger partial charge in [0.25, 0.3) is 0 Å². The number of methoxy groups -OCH3 is 2. The van der Waals surface area contributed by atoms with Crippen LogP contribution in [0.2, 0.25) is 0 Å². The molecule has 0 fully saturated rings. The summed E-state index contributed by atoms with van der Waals surface area (Å²) in [5.74, 6) is 1.39. The number of nitrogens with two attached hydrogens (primary N) is 1. The molecule has 0 heterocycles. The molecule has 3 heteroatoms. The van der Waals surface area contributed by atoms with E-state index in [9.17, 15) is 0 Å². The quantitative estimate of drug-likeness (QED) is 0.472. The Morgan fingerprint density at radius 1 is 0.630 bits per heavy atom. The lowest BCUT2D eigenvalue weighted by atomic mass is 9.88. The lowest BCUT2D eigenvalue weighted by molar-refractivity contribution is 0.356. The van der Waals surface area contributed by atoms with E-state index < -0.39 is 0 Å². The van der Waals surface area contributed by atoms with Gasteiger partial charge < -0.3 is 15.2 Å². The Morgan fingerprint density at radius 2 is 1.15 bits per heavy atom. The van der Waals surface area contributed by atoms with E-state index >= 15 is 0 Å². The fourth-order valence-corrected chi connectivity index (χ4v) is 3.57. The monoisotopic (exact) mass is 355 g/mol. The third-order valence-electron chi connectivity index (χ3n) is 4.80. The van der Waals surface area contributed by atoms with Crippen molar-refractivity contribution in [3.05, 3.63) is 78.9 Å². The van der Waals surface area contributed by atoms with Gasteiger partial charge in [0.1, 0.15) is 0 Å². The lowest BCUT2D eigenvalue weighted by Crippen LogP contribution is -1.97. The molecular formula is C24H21NO2. The molecule has 27 heavy (non-hydrogen) atoms. The second-order valence-electron chi connectivity index (χ2n) is 6.38. The molecule has 0 aliphatic heterocycles. The van der Waals surface area contributed by atoms with Crippen LogP contribution in [0.3, 0.4) is 0 Å². The van der Waals surface area contributed by atoms with Crippen molar-refractivity contribution in [3.63, 3.8) is 0 Å². The van der Waals surface area contributed by atoms with Crippen LogP contribution in [-0.2, 0) is 0 Å². The fourth-order valence-electron chi connectivity index (χ4n) is 3.57. The van der Waals surface area contributed by atoms with Crippen molar-refractivity contribution in [2.24, 2.45) is 0 Å². The highest BCUT2D eigenvalue weighted by Crippen LogP contribution is 2.45. The highest BCUT2D eigenvalue weighted by molar-refractivity contribution is 6.09. The summed E-state index contributed by atoms with van der Waals surface area (Å²) in [6.07, 6.45) is 0. The van der Waals surface area contributed by atoms with Gasteiger partial charge in [0.05, 0.1) is 14.2 Å². The van der Waals surface area contributed by atoms with Gasteiger partial charge in [0.2, 0.25) is 0 Å². The lowest BCUT2D eigenvalue weighted by Gasteiger charge is -2.18. The van der Waals surface area contributed by atoms with Crippen molar-refractivity contribution < 1.29 is 9.47 Å². The van der Waals surface area contributed by atoms with Crippen molar-refractivity contribution in [1.29, 1.82) is 0 Å². The van der Waals surface area contributed by atoms with Gasteiger partial charge in [0, 0.05) is 11.3 Å². The summed E-state index contributed by atoms with van der Waals surface area (Å²) in [5, 5.41) is 2.09. The molecule has 0 spiro atoms. The number of hydrogen-bond donors (Lipinski definition) is 1. The number of rotatable bonds is 4. The predicted molar refractivity (Wildman–Crippen MR) is 112 cm³/mol. The molecule has 0 saturated carbocycles. The molecule has 0 aliphatic carbocycles. The van der Waals surface area contributed by atoms with Gasteiger partial charge in [-0.25, -0.2) is 0 Å². The molecule has 0 aliphatic rings. The van der Waals surface area contributed by atoms with E-state index in [-0.39, 0.29) is 0 Å². The van der Waals surface area contributed by atoms with Gasteiger partial charge in [-0.3, -0.25) is 0 Å². The highest BCUT2D eigenvalue weighted by atomic mass is 16.5. The summed E-state index contributed by atoms with van der Waals surface area (Å²) in [4.78, 5) is 0. The second-order valence-corrected chi connectivity index (χ2v) is 6.38. The zero-order chi connectivity index (χ0) is 18.8. The summed E-state index contributed by atoms with van der Waals surface area (Å²) in [7, 11) is 3.30. The van der Waals surface area contributed by atoms with E-state index in [1.807, 2.05) is 54.6 Å². The number of ether oxygens (including phenoxy) is 2. The van der Waals surface area contributed by atoms with E-state index in [2.05, 4.69) is 24.3 Å². The molecule has 0 bridgehead atoms. The Morgan fingerprint density at radius 3 is 1.70 bits per heavy atom. The van der Waals surface area contributed by atoms with Crippen molar-refractivity contribution in [2.75, 3.05) is 20.0 Å². The molecule has 3 nitrogen and oxygen atoms in total. The maximum atomic E-state index is 6.55. The van der Waals surface area contributed by atoms with E-state index in [1.165, 1.54) is 0 Å². The minimum atomic E-state index is 0.691. The van der Waals surface area contributed by atoms with Gasteiger partial charge in [-0.1, -0.05) is 60.7 Å². The zero-order valence-corrected chi connectivity index (χ0v) is 15.4. The largest absolute Gasteiger partial charge is 0.493 e. The molecule has 4 rings (SSSR count). The Hall–Kier alpha value is -3.46. The van der Waals surface area contributed by atoms with E-state index in [4.69, 9.17) is 15.2 Å². The first kappa shape index (κ1) is 17.0. The SMILES string of the molecule is COc1cc2cc(N)c(-c3ccccc3)c(-c3ccccc3)c2cc1OC. The molecular weight excluding hydrogens is 334 g/mol. The van der Waals surface area contributed by atoms with Crippen LogP contribution in [0.15, 0.2) is 78.9 Å². The molecule has 0 unspecified atom stereocenters. The molecule has 0 atom stereocenters. The normalized spacial score (nSPS) is 10.7. The van der Waals surface area contributed by atoms with Crippen molar-refractivity contribution >= 4 is 16.5 Å². The standard InChI is InChI=1S/C24H21NO2/c1-26-21-14-18-13-20(25)24(17-11-7-4-8-12-17)23(16-9-5-3-6-10-16)19(18)15-22(21)27-2/h3-15H,25H2,1-2H3. The Balaban J connectivity index is 2.15. The van der Waals surface area contributed by atoms with Crippen LogP contribution in [0.1, 0.15) is 0 Å². The van der Waals surface area contributed by atoms with E-state index in [0.29, 0.717) is 11.5 Å². The highest BCUT2D eigenvalue weighted by Gasteiger charge is 2.17. The maximum Gasteiger partial charge on any atom is 0.161 e. The first-order valence-electron chi connectivity index (χ1n) is 8.82. The van der Waals surface area contributed by atoms with Gasteiger partial charge in [-0.2, -0.15) is 0 Å². The van der Waals surface area contributed by atoms with Crippen LogP contribution in [0, 0.1) is 0 Å². The average molecular weight is 355 g/mol. The number of nitrogen functional groups attached to an aromatic ring is 1. The smallest absolute Gasteiger partial charge is 0.161 e. The van der Waals surface area contributed by atoms with Gasteiger partial charge in [0.15, 0.2) is 11.5 Å². The minimum absolute atomic E-state index is 0.691. The predicted octanol–water partition coefficient (Wildman–Crippen LogP) is 5.77. The molecule has 0 amide bonds. The Labute approximate surface area is 159 Å². The number of hydrogen-bond acceptors (Lipinski definition) is 3. The molecule has 2 N–H and O–H groups in total. The first-order valence-corrected chi connectivity index (χ1v) is 8.82.